The molecule has 114 valence electrons. The lowest BCUT2D eigenvalue weighted by Crippen LogP contribution is -3.00. The number of hydrogen-bond acceptors (Lipinski definition) is 3. The van der Waals surface area contributed by atoms with Gasteiger partial charge in [-0.15, -0.1) is 0 Å². The molecule has 3 rings (SSSR count). The zero-order valence-corrected chi connectivity index (χ0v) is 13.6. The highest BCUT2D eigenvalue weighted by atomic mass is 35.5. The van der Waals surface area contributed by atoms with Crippen LogP contribution in [0.3, 0.4) is 0 Å². The van der Waals surface area contributed by atoms with Gasteiger partial charge < -0.3 is 22.5 Å². The summed E-state index contributed by atoms with van der Waals surface area (Å²) >= 11 is 0. The number of para-hydroxylation sites is 2. The normalized spacial score (nSPS) is 10.1. The van der Waals surface area contributed by atoms with Crippen molar-refractivity contribution < 1.29 is 17.1 Å². The predicted octanol–water partition coefficient (Wildman–Crippen LogP) is 1.61. The Kier molecular flexibility index (Phi) is 4.88. The van der Waals surface area contributed by atoms with Gasteiger partial charge >= 0.3 is 0 Å². The lowest BCUT2D eigenvalue weighted by molar-refractivity contribution is -0.00000467. The minimum absolute atomic E-state index is 0. The zero-order valence-electron chi connectivity index (χ0n) is 12.9. The number of nitrogens with one attached hydrogen (secondary N) is 1. The van der Waals surface area contributed by atoms with Crippen LogP contribution in [0.25, 0.3) is 10.9 Å². The maximum Gasteiger partial charge on any atom is 0.142 e. The van der Waals surface area contributed by atoms with Gasteiger partial charge in [0.25, 0.3) is 0 Å². The molecule has 1 heterocycles. The molecule has 1 aromatic heterocycles. The Morgan fingerprint density at radius 3 is 2.50 bits per heavy atom. The van der Waals surface area contributed by atoms with Crippen LogP contribution >= 0.6 is 0 Å². The van der Waals surface area contributed by atoms with E-state index in [2.05, 4.69) is 41.5 Å². The Morgan fingerprint density at radius 2 is 1.73 bits per heavy atom. The minimum atomic E-state index is 0. The van der Waals surface area contributed by atoms with E-state index in [9.17, 15) is 0 Å². The fourth-order valence-corrected chi connectivity index (χ4v) is 2.47. The second-order valence-corrected chi connectivity index (χ2v) is 5.16. The van der Waals surface area contributed by atoms with Crippen molar-refractivity contribution in [2.24, 2.45) is 0 Å². The molecule has 1 N–H and O–H groups in total. The van der Waals surface area contributed by atoms with Crippen LogP contribution in [-0.4, -0.2) is 12.1 Å². The second-order valence-electron chi connectivity index (χ2n) is 5.16. The molecule has 0 aliphatic rings. The molecule has 0 saturated heterocycles. The third-order valence-electron chi connectivity index (χ3n) is 3.47. The van der Waals surface area contributed by atoms with Crippen LogP contribution in [-0.2, 0) is 0 Å². The summed E-state index contributed by atoms with van der Waals surface area (Å²) in [6.45, 7) is 4.10. The van der Waals surface area contributed by atoms with Crippen molar-refractivity contribution in [1.82, 2.24) is 4.98 Å². The summed E-state index contributed by atoms with van der Waals surface area (Å²) in [6.07, 6.45) is 0. The van der Waals surface area contributed by atoms with Gasteiger partial charge in [-0.05, 0) is 44.2 Å². The average Bonchev–Trinajstić information content (AvgIpc) is 2.48. The van der Waals surface area contributed by atoms with E-state index in [1.165, 1.54) is 5.56 Å². The molecular formula is C18H18ClN2O-. The molecule has 3 aromatic rings. The number of hydrogen-bond donors (Lipinski definition) is 1. The molecule has 2 aromatic carbocycles. The number of aryl methyl sites for hydroxylation is 2. The van der Waals surface area contributed by atoms with E-state index in [0.29, 0.717) is 0 Å². The van der Waals surface area contributed by atoms with E-state index in [1.54, 1.807) is 7.11 Å². The maximum absolute atomic E-state index is 5.41. The first kappa shape index (κ1) is 16.1. The first-order valence-electron chi connectivity index (χ1n) is 6.95. The molecule has 0 aliphatic carbocycles. The smallest absolute Gasteiger partial charge is 0.142 e. The molecule has 0 bridgehead atoms. The molecule has 0 amide bonds. The fraction of sp³-hybridized carbons (Fsp3) is 0.167. The fourth-order valence-electron chi connectivity index (χ4n) is 2.47. The molecule has 4 heteroatoms. The molecule has 0 aliphatic heterocycles. The van der Waals surface area contributed by atoms with Gasteiger partial charge in [-0.3, -0.25) is 4.98 Å². The van der Waals surface area contributed by atoms with Crippen LogP contribution in [0.1, 0.15) is 11.3 Å². The topological polar surface area (TPSA) is 34.1 Å². The van der Waals surface area contributed by atoms with Crippen LogP contribution in [0.2, 0.25) is 0 Å². The molecule has 0 atom stereocenters. The van der Waals surface area contributed by atoms with Crippen molar-refractivity contribution in [3.05, 3.63) is 59.8 Å². The number of anilines is 2. The van der Waals surface area contributed by atoms with Gasteiger partial charge in [0.1, 0.15) is 5.75 Å². The summed E-state index contributed by atoms with van der Waals surface area (Å²) in [5.41, 5.74) is 5.21. The maximum atomic E-state index is 5.41. The third kappa shape index (κ3) is 3.15. The van der Waals surface area contributed by atoms with Crippen molar-refractivity contribution in [3.8, 4) is 5.75 Å². The highest BCUT2D eigenvalue weighted by Crippen LogP contribution is 2.31. The van der Waals surface area contributed by atoms with Gasteiger partial charge in [0.05, 0.1) is 18.3 Å². The number of nitrogens with zero attached hydrogens (tertiary/aromatic N) is 1. The molecule has 0 fully saturated rings. The van der Waals surface area contributed by atoms with E-state index in [-0.39, 0.29) is 12.4 Å². The Morgan fingerprint density at radius 1 is 0.955 bits per heavy atom. The van der Waals surface area contributed by atoms with Gasteiger partial charge in [0.2, 0.25) is 0 Å². The summed E-state index contributed by atoms with van der Waals surface area (Å²) in [5.74, 6) is 0.827. The van der Waals surface area contributed by atoms with Gasteiger partial charge in [-0.25, -0.2) is 0 Å². The van der Waals surface area contributed by atoms with Crippen LogP contribution in [0.4, 0.5) is 11.4 Å². The van der Waals surface area contributed by atoms with E-state index >= 15 is 0 Å². The monoisotopic (exact) mass is 313 g/mol. The highest BCUT2D eigenvalue weighted by molar-refractivity contribution is 5.94. The predicted molar refractivity (Wildman–Crippen MR) is 87.5 cm³/mol. The second kappa shape index (κ2) is 6.67. The number of pyridine rings is 1. The van der Waals surface area contributed by atoms with E-state index in [1.807, 2.05) is 31.2 Å². The summed E-state index contributed by atoms with van der Waals surface area (Å²) in [4.78, 5) is 4.59. The number of methoxy groups -OCH3 is 1. The Labute approximate surface area is 136 Å². The first-order valence-corrected chi connectivity index (χ1v) is 6.95. The standard InChI is InChI=1S/C18H18N2O.ClH/c1-12-8-9-15-14(10-12)17(11-13(2)19-15)20-16-6-4-5-7-18(16)21-3;/h4-11H,1-3H3,(H,19,20);1H/p-1. The quantitative estimate of drug-likeness (QED) is 0.798. The average molecular weight is 314 g/mol. The Bertz CT molecular complexity index is 802. The lowest BCUT2D eigenvalue weighted by atomic mass is 10.1. The number of ether oxygens (including phenoxy) is 1. The molecule has 22 heavy (non-hydrogen) atoms. The Balaban J connectivity index is 0.00000176. The number of benzene rings is 2. The zero-order chi connectivity index (χ0) is 14.8. The van der Waals surface area contributed by atoms with Crippen molar-refractivity contribution >= 4 is 22.3 Å². The van der Waals surface area contributed by atoms with Gasteiger partial charge in [-0.1, -0.05) is 23.8 Å². The SMILES string of the molecule is COc1ccccc1Nc1cc(C)nc2ccc(C)cc12.[Cl-]. The third-order valence-corrected chi connectivity index (χ3v) is 3.47. The van der Waals surface area contributed by atoms with Crippen molar-refractivity contribution in [2.45, 2.75) is 13.8 Å². The first-order chi connectivity index (χ1) is 10.2. The summed E-state index contributed by atoms with van der Waals surface area (Å²) in [7, 11) is 1.68. The molecular weight excluding hydrogens is 296 g/mol. The van der Waals surface area contributed by atoms with Crippen molar-refractivity contribution in [3.63, 3.8) is 0 Å². The molecule has 3 nitrogen and oxygen atoms in total. The van der Waals surface area contributed by atoms with E-state index < -0.39 is 0 Å². The molecule has 0 saturated carbocycles. The number of fused-ring (bicyclic) bond motifs is 1. The van der Waals surface area contributed by atoms with Crippen molar-refractivity contribution in [2.75, 3.05) is 12.4 Å². The lowest BCUT2D eigenvalue weighted by Gasteiger charge is -2.14. The van der Waals surface area contributed by atoms with Gasteiger partial charge in [-0.2, -0.15) is 0 Å². The summed E-state index contributed by atoms with van der Waals surface area (Å²) < 4.78 is 5.41. The number of aromatic nitrogens is 1. The molecule has 0 spiro atoms. The highest BCUT2D eigenvalue weighted by Gasteiger charge is 2.07. The van der Waals surface area contributed by atoms with Crippen LogP contribution in [0.5, 0.6) is 5.75 Å². The molecule has 0 unspecified atom stereocenters. The minimum Gasteiger partial charge on any atom is -1.00 e. The van der Waals surface area contributed by atoms with Crippen molar-refractivity contribution in [1.29, 1.82) is 0 Å². The van der Waals surface area contributed by atoms with E-state index in [4.69, 9.17) is 4.74 Å². The largest absolute Gasteiger partial charge is 1.00 e. The van der Waals surface area contributed by atoms with Gasteiger partial charge in [0.15, 0.2) is 0 Å². The number of halogens is 1. The molecule has 0 radical (unpaired) electrons. The van der Waals surface area contributed by atoms with Crippen LogP contribution in [0.15, 0.2) is 48.5 Å². The van der Waals surface area contributed by atoms with Crippen LogP contribution < -0.4 is 22.5 Å². The summed E-state index contributed by atoms with van der Waals surface area (Å²) in [6, 6.07) is 16.3. The van der Waals surface area contributed by atoms with Crippen LogP contribution in [0, 0.1) is 13.8 Å². The summed E-state index contributed by atoms with van der Waals surface area (Å²) in [5, 5.41) is 4.59. The van der Waals surface area contributed by atoms with Gasteiger partial charge in [0, 0.05) is 16.8 Å². The van der Waals surface area contributed by atoms with E-state index in [0.717, 1.165) is 33.7 Å². The number of rotatable bonds is 3. The Hall–Kier alpha value is -2.26.